The Hall–Kier alpha value is -2.25. The molecule has 5 nitrogen and oxygen atoms in total. The topological polar surface area (TPSA) is 72.0 Å². The molecule has 22 heavy (non-hydrogen) atoms. The van der Waals surface area contributed by atoms with Crippen LogP contribution >= 0.6 is 11.3 Å². The van der Waals surface area contributed by atoms with Crippen LogP contribution in [0.2, 0.25) is 0 Å². The molecule has 2 aromatic heterocycles. The molecule has 0 saturated carbocycles. The fourth-order valence-corrected chi connectivity index (χ4v) is 3.94. The molecule has 0 aliphatic carbocycles. The van der Waals surface area contributed by atoms with E-state index in [2.05, 4.69) is 14.7 Å². The van der Waals surface area contributed by atoms with Crippen molar-refractivity contribution in [1.82, 2.24) is 9.97 Å². The van der Waals surface area contributed by atoms with Crippen molar-refractivity contribution >= 4 is 27.3 Å². The summed E-state index contributed by atoms with van der Waals surface area (Å²) < 4.78 is 26.8. The zero-order valence-electron chi connectivity index (χ0n) is 11.7. The number of aryl methyl sites for hydroxylation is 1. The molecular weight excluding hydrogens is 318 g/mol. The van der Waals surface area contributed by atoms with Gasteiger partial charge in [-0.3, -0.25) is 0 Å². The minimum Gasteiger partial charge on any atom is -0.247 e. The summed E-state index contributed by atoms with van der Waals surface area (Å²) in [5.74, 6) is 0.0654. The molecule has 0 unspecified atom stereocenters. The van der Waals surface area contributed by atoms with Crippen LogP contribution in [0.1, 0.15) is 5.56 Å². The van der Waals surface area contributed by atoms with Gasteiger partial charge in [-0.1, -0.05) is 30.3 Å². The number of benzene rings is 1. The molecule has 1 aromatic carbocycles. The molecule has 0 saturated heterocycles. The average Bonchev–Trinajstić information content (AvgIpc) is 3.05. The largest absolute Gasteiger partial charge is 0.265 e. The average molecular weight is 331 g/mol. The molecule has 0 amide bonds. The van der Waals surface area contributed by atoms with E-state index in [0.29, 0.717) is 5.69 Å². The molecule has 0 aliphatic rings. The highest BCUT2D eigenvalue weighted by atomic mass is 32.2. The summed E-state index contributed by atoms with van der Waals surface area (Å²) in [7, 11) is -3.65. The smallest absolute Gasteiger partial charge is 0.247 e. The van der Waals surface area contributed by atoms with Gasteiger partial charge >= 0.3 is 0 Å². The minimum atomic E-state index is -3.65. The number of hydrogen-bond donors (Lipinski definition) is 1. The predicted molar refractivity (Wildman–Crippen MR) is 87.3 cm³/mol. The van der Waals surface area contributed by atoms with Gasteiger partial charge in [0, 0.05) is 17.1 Å². The van der Waals surface area contributed by atoms with Crippen LogP contribution < -0.4 is 4.72 Å². The Morgan fingerprint density at radius 1 is 1.14 bits per heavy atom. The summed E-state index contributed by atoms with van der Waals surface area (Å²) in [6.45, 7) is 1.89. The lowest BCUT2D eigenvalue weighted by molar-refractivity contribution is 0.601. The van der Waals surface area contributed by atoms with Gasteiger partial charge in [0.05, 0.1) is 10.6 Å². The molecule has 0 bridgehead atoms. The van der Waals surface area contributed by atoms with Crippen LogP contribution in [0.5, 0.6) is 0 Å². The lowest BCUT2D eigenvalue weighted by atomic mass is 10.1. The second-order valence-electron chi connectivity index (χ2n) is 4.66. The number of anilines is 1. The number of sulfonamides is 1. The highest BCUT2D eigenvalue weighted by molar-refractivity contribution is 7.92. The van der Waals surface area contributed by atoms with Gasteiger partial charge in [-0.2, -0.15) is 11.3 Å². The molecular formula is C15H13N3O2S2. The van der Waals surface area contributed by atoms with Gasteiger partial charge in [0.25, 0.3) is 10.0 Å². The van der Waals surface area contributed by atoms with Crippen molar-refractivity contribution in [3.05, 3.63) is 58.9 Å². The number of aromatic nitrogens is 2. The molecule has 2 heterocycles. The van der Waals surface area contributed by atoms with E-state index in [9.17, 15) is 8.42 Å². The zero-order chi connectivity index (χ0) is 15.6. The van der Waals surface area contributed by atoms with Gasteiger partial charge in [0.2, 0.25) is 5.95 Å². The molecule has 0 radical (unpaired) electrons. The van der Waals surface area contributed by atoms with Crippen molar-refractivity contribution in [2.45, 2.75) is 11.8 Å². The van der Waals surface area contributed by atoms with Gasteiger partial charge in [0.15, 0.2) is 0 Å². The summed E-state index contributed by atoms with van der Waals surface area (Å²) in [4.78, 5) is 8.61. The van der Waals surface area contributed by atoms with Gasteiger partial charge in [0.1, 0.15) is 0 Å². The normalized spacial score (nSPS) is 11.3. The molecule has 0 spiro atoms. The standard InChI is InChI=1S/C15H13N3O2S2/c1-11-9-16-15(17-14(11)12-5-3-2-4-6-12)18-22(19,20)13-7-8-21-10-13/h2-10H,1H3,(H,16,17,18). The molecule has 3 rings (SSSR count). The highest BCUT2D eigenvalue weighted by Gasteiger charge is 2.17. The second kappa shape index (κ2) is 5.86. The Morgan fingerprint density at radius 2 is 1.91 bits per heavy atom. The molecule has 0 atom stereocenters. The van der Waals surface area contributed by atoms with Crippen molar-refractivity contribution < 1.29 is 8.42 Å². The van der Waals surface area contributed by atoms with Crippen molar-refractivity contribution in [3.63, 3.8) is 0 Å². The Kier molecular flexibility index (Phi) is 3.91. The molecule has 112 valence electrons. The van der Waals surface area contributed by atoms with E-state index in [4.69, 9.17) is 0 Å². The van der Waals surface area contributed by atoms with Crippen molar-refractivity contribution in [3.8, 4) is 11.3 Å². The third-order valence-electron chi connectivity index (χ3n) is 3.05. The van der Waals surface area contributed by atoms with Crippen LogP contribution in [0.25, 0.3) is 11.3 Å². The SMILES string of the molecule is Cc1cnc(NS(=O)(=O)c2ccsc2)nc1-c1ccccc1. The quantitative estimate of drug-likeness (QED) is 0.796. The Bertz CT molecular complexity index is 876. The first-order valence-corrected chi connectivity index (χ1v) is 8.93. The highest BCUT2D eigenvalue weighted by Crippen LogP contribution is 2.22. The van der Waals surface area contributed by atoms with E-state index < -0.39 is 10.0 Å². The molecule has 0 fully saturated rings. The first-order valence-electron chi connectivity index (χ1n) is 6.50. The fourth-order valence-electron chi connectivity index (χ4n) is 1.96. The Labute approximate surface area is 132 Å². The van der Waals surface area contributed by atoms with Crippen LogP contribution in [0, 0.1) is 6.92 Å². The molecule has 7 heteroatoms. The summed E-state index contributed by atoms with van der Waals surface area (Å²) in [6, 6.07) is 11.1. The number of nitrogens with zero attached hydrogens (tertiary/aromatic N) is 2. The number of hydrogen-bond acceptors (Lipinski definition) is 5. The van der Waals surface area contributed by atoms with E-state index in [0.717, 1.165) is 11.1 Å². The van der Waals surface area contributed by atoms with Crippen LogP contribution in [0.4, 0.5) is 5.95 Å². The lowest BCUT2D eigenvalue weighted by Gasteiger charge is -2.09. The first kappa shape index (κ1) is 14.7. The van der Waals surface area contributed by atoms with E-state index >= 15 is 0 Å². The molecule has 0 aliphatic heterocycles. The van der Waals surface area contributed by atoms with Gasteiger partial charge in [-0.05, 0) is 23.9 Å². The first-order chi connectivity index (χ1) is 10.6. The monoisotopic (exact) mass is 331 g/mol. The van der Waals surface area contributed by atoms with E-state index in [1.165, 1.54) is 11.3 Å². The third-order valence-corrected chi connectivity index (χ3v) is 5.21. The maximum Gasteiger partial charge on any atom is 0.265 e. The molecule has 3 aromatic rings. The summed E-state index contributed by atoms with van der Waals surface area (Å²) in [5.41, 5.74) is 2.50. The Morgan fingerprint density at radius 3 is 2.59 bits per heavy atom. The maximum atomic E-state index is 12.2. The van der Waals surface area contributed by atoms with Crippen LogP contribution in [-0.2, 0) is 10.0 Å². The number of rotatable bonds is 4. The van der Waals surface area contributed by atoms with Crippen LogP contribution in [0.3, 0.4) is 0 Å². The summed E-state index contributed by atoms with van der Waals surface area (Å²) in [5, 5.41) is 3.27. The minimum absolute atomic E-state index is 0.0654. The van der Waals surface area contributed by atoms with E-state index in [1.54, 1.807) is 23.0 Å². The van der Waals surface area contributed by atoms with Gasteiger partial charge in [-0.15, -0.1) is 0 Å². The van der Waals surface area contributed by atoms with Crippen molar-refractivity contribution in [2.75, 3.05) is 4.72 Å². The van der Waals surface area contributed by atoms with Gasteiger partial charge in [-0.25, -0.2) is 23.1 Å². The zero-order valence-corrected chi connectivity index (χ0v) is 13.4. The van der Waals surface area contributed by atoms with E-state index in [-0.39, 0.29) is 10.8 Å². The summed E-state index contributed by atoms with van der Waals surface area (Å²) >= 11 is 1.32. The second-order valence-corrected chi connectivity index (χ2v) is 7.12. The Balaban J connectivity index is 1.97. The number of thiophene rings is 1. The predicted octanol–water partition coefficient (Wildman–Crippen LogP) is 3.31. The van der Waals surface area contributed by atoms with E-state index in [1.807, 2.05) is 37.3 Å². The third kappa shape index (κ3) is 3.00. The molecule has 1 N–H and O–H groups in total. The van der Waals surface area contributed by atoms with Crippen molar-refractivity contribution in [1.29, 1.82) is 0 Å². The fraction of sp³-hybridized carbons (Fsp3) is 0.0667. The maximum absolute atomic E-state index is 12.2. The number of nitrogens with one attached hydrogen (secondary N) is 1. The van der Waals surface area contributed by atoms with Gasteiger partial charge < -0.3 is 0 Å². The van der Waals surface area contributed by atoms with Crippen LogP contribution in [0.15, 0.2) is 58.3 Å². The lowest BCUT2D eigenvalue weighted by Crippen LogP contribution is -2.14. The summed E-state index contributed by atoms with van der Waals surface area (Å²) in [6.07, 6.45) is 1.61. The van der Waals surface area contributed by atoms with Crippen molar-refractivity contribution in [2.24, 2.45) is 0 Å². The van der Waals surface area contributed by atoms with Crippen LogP contribution in [-0.4, -0.2) is 18.4 Å².